The highest BCUT2D eigenvalue weighted by atomic mass is 35.5. The van der Waals surface area contributed by atoms with E-state index in [1.54, 1.807) is 0 Å². The monoisotopic (exact) mass is 347 g/mol. The van der Waals surface area contributed by atoms with E-state index in [1.807, 2.05) is 0 Å². The lowest BCUT2D eigenvalue weighted by atomic mass is 10.2. The molecule has 0 aliphatic rings. The standard InChI is InChI=1S/C14H9ClF3NO2S/c15-11-3-1-2-10(12(11)20)13(21)19-8-4-6-9(7-5-8)22-14(16,17)18/h1-7,20H,(H,19,21). The average molecular weight is 348 g/mol. The number of phenols is 1. The van der Waals surface area contributed by atoms with Gasteiger partial charge in [-0.15, -0.1) is 0 Å². The topological polar surface area (TPSA) is 49.3 Å². The molecule has 2 aromatic rings. The molecular weight excluding hydrogens is 339 g/mol. The van der Waals surface area contributed by atoms with Gasteiger partial charge < -0.3 is 10.4 Å². The van der Waals surface area contributed by atoms with E-state index >= 15 is 0 Å². The summed E-state index contributed by atoms with van der Waals surface area (Å²) in [6.45, 7) is 0. The van der Waals surface area contributed by atoms with Gasteiger partial charge in [-0.25, -0.2) is 0 Å². The lowest BCUT2D eigenvalue weighted by Gasteiger charge is -2.09. The van der Waals surface area contributed by atoms with Gasteiger partial charge in [0.1, 0.15) is 5.75 Å². The van der Waals surface area contributed by atoms with Gasteiger partial charge in [-0.05, 0) is 48.2 Å². The van der Waals surface area contributed by atoms with Crippen molar-refractivity contribution >= 4 is 35.0 Å². The quantitative estimate of drug-likeness (QED) is 0.776. The minimum atomic E-state index is -4.36. The molecule has 2 aromatic carbocycles. The molecular formula is C14H9ClF3NO2S. The molecule has 0 unspecified atom stereocenters. The van der Waals surface area contributed by atoms with Gasteiger partial charge in [-0.2, -0.15) is 13.2 Å². The van der Waals surface area contributed by atoms with E-state index in [9.17, 15) is 23.1 Å². The molecule has 0 fully saturated rings. The van der Waals surface area contributed by atoms with Crippen molar-refractivity contribution in [1.29, 1.82) is 0 Å². The number of anilines is 1. The number of amides is 1. The number of alkyl halides is 3. The Morgan fingerprint density at radius 1 is 1.14 bits per heavy atom. The predicted molar refractivity (Wildman–Crippen MR) is 79.4 cm³/mol. The molecule has 2 rings (SSSR count). The highest BCUT2D eigenvalue weighted by Crippen LogP contribution is 2.37. The molecule has 22 heavy (non-hydrogen) atoms. The SMILES string of the molecule is O=C(Nc1ccc(SC(F)(F)F)cc1)c1cccc(Cl)c1O. The fourth-order valence-corrected chi connectivity index (χ4v) is 2.35. The van der Waals surface area contributed by atoms with Gasteiger partial charge in [-0.1, -0.05) is 17.7 Å². The fraction of sp³-hybridized carbons (Fsp3) is 0.0714. The van der Waals surface area contributed by atoms with E-state index in [2.05, 4.69) is 5.32 Å². The van der Waals surface area contributed by atoms with Crippen LogP contribution in [0, 0.1) is 0 Å². The zero-order valence-corrected chi connectivity index (χ0v) is 12.4. The van der Waals surface area contributed by atoms with Crippen LogP contribution >= 0.6 is 23.4 Å². The molecule has 8 heteroatoms. The predicted octanol–water partition coefficient (Wildman–Crippen LogP) is 4.91. The number of carbonyl (C=O) groups excluding carboxylic acids is 1. The third kappa shape index (κ3) is 4.32. The number of phenolic OH excluding ortho intramolecular Hbond substituents is 1. The van der Waals surface area contributed by atoms with Crippen molar-refractivity contribution in [2.24, 2.45) is 0 Å². The summed E-state index contributed by atoms with van der Waals surface area (Å²) in [6.07, 6.45) is 0. The number of benzene rings is 2. The Hall–Kier alpha value is -1.86. The number of hydrogen-bond donors (Lipinski definition) is 2. The molecule has 0 radical (unpaired) electrons. The number of halogens is 4. The van der Waals surface area contributed by atoms with E-state index in [0.29, 0.717) is 5.69 Å². The first-order chi connectivity index (χ1) is 10.3. The van der Waals surface area contributed by atoms with Crippen LogP contribution in [-0.2, 0) is 0 Å². The van der Waals surface area contributed by atoms with E-state index < -0.39 is 11.4 Å². The summed E-state index contributed by atoms with van der Waals surface area (Å²) >= 11 is 5.46. The third-order valence-electron chi connectivity index (χ3n) is 2.58. The second kappa shape index (κ2) is 6.50. The molecule has 0 aromatic heterocycles. The van der Waals surface area contributed by atoms with Crippen molar-refractivity contribution in [1.82, 2.24) is 0 Å². The number of nitrogens with one attached hydrogen (secondary N) is 1. The van der Waals surface area contributed by atoms with Crippen LogP contribution in [0.4, 0.5) is 18.9 Å². The van der Waals surface area contributed by atoms with E-state index in [1.165, 1.54) is 42.5 Å². The molecule has 3 nitrogen and oxygen atoms in total. The molecule has 0 bridgehead atoms. The van der Waals surface area contributed by atoms with Crippen molar-refractivity contribution in [2.45, 2.75) is 10.4 Å². The van der Waals surface area contributed by atoms with Crippen LogP contribution in [0.25, 0.3) is 0 Å². The third-order valence-corrected chi connectivity index (χ3v) is 3.62. The van der Waals surface area contributed by atoms with Crippen molar-refractivity contribution in [3.8, 4) is 5.75 Å². The summed E-state index contributed by atoms with van der Waals surface area (Å²) < 4.78 is 36.6. The Labute approximate surface area is 133 Å². The molecule has 116 valence electrons. The van der Waals surface area contributed by atoms with Crippen LogP contribution in [0.3, 0.4) is 0 Å². The van der Waals surface area contributed by atoms with Crippen LogP contribution in [0.1, 0.15) is 10.4 Å². The molecule has 0 aliphatic carbocycles. The normalized spacial score (nSPS) is 11.3. The summed E-state index contributed by atoms with van der Waals surface area (Å²) in [5.74, 6) is -0.970. The highest BCUT2D eigenvalue weighted by Gasteiger charge is 2.29. The molecule has 0 saturated heterocycles. The number of para-hydroxylation sites is 1. The van der Waals surface area contributed by atoms with Gasteiger partial charge in [0.25, 0.3) is 5.91 Å². The van der Waals surface area contributed by atoms with E-state index in [0.717, 1.165) is 0 Å². The summed E-state index contributed by atoms with van der Waals surface area (Å²) in [7, 11) is 0. The fourth-order valence-electron chi connectivity index (χ4n) is 1.64. The summed E-state index contributed by atoms with van der Waals surface area (Å²) in [4.78, 5) is 12.0. The number of aromatic hydroxyl groups is 1. The summed E-state index contributed by atoms with van der Waals surface area (Å²) in [6, 6.07) is 9.47. The lowest BCUT2D eigenvalue weighted by molar-refractivity contribution is -0.0328. The van der Waals surface area contributed by atoms with Gasteiger partial charge in [0.15, 0.2) is 0 Å². The Morgan fingerprint density at radius 3 is 2.36 bits per heavy atom. The van der Waals surface area contributed by atoms with Gasteiger partial charge in [0.2, 0.25) is 0 Å². The summed E-state index contributed by atoms with van der Waals surface area (Å²) in [5, 5.41) is 12.2. The molecule has 0 atom stereocenters. The Bertz CT molecular complexity index is 689. The largest absolute Gasteiger partial charge is 0.506 e. The maximum Gasteiger partial charge on any atom is 0.446 e. The minimum Gasteiger partial charge on any atom is -0.506 e. The van der Waals surface area contributed by atoms with Crippen LogP contribution in [0.2, 0.25) is 5.02 Å². The number of thioether (sulfide) groups is 1. The van der Waals surface area contributed by atoms with Crippen molar-refractivity contribution in [3.63, 3.8) is 0 Å². The van der Waals surface area contributed by atoms with Gasteiger partial charge >= 0.3 is 5.51 Å². The number of hydrogen-bond acceptors (Lipinski definition) is 3. The lowest BCUT2D eigenvalue weighted by Crippen LogP contribution is -2.12. The van der Waals surface area contributed by atoms with Crippen molar-refractivity contribution in [3.05, 3.63) is 53.1 Å². The Kier molecular flexibility index (Phi) is 4.87. The molecule has 0 aliphatic heterocycles. The second-order valence-corrected chi connectivity index (χ2v) is 5.71. The first kappa shape index (κ1) is 16.5. The molecule has 0 spiro atoms. The van der Waals surface area contributed by atoms with Crippen LogP contribution in [0.15, 0.2) is 47.4 Å². The zero-order valence-electron chi connectivity index (χ0n) is 10.8. The molecule has 0 saturated carbocycles. The average Bonchev–Trinajstić information content (AvgIpc) is 2.42. The molecule has 1 amide bonds. The van der Waals surface area contributed by atoms with Gasteiger partial charge in [-0.3, -0.25) is 4.79 Å². The van der Waals surface area contributed by atoms with Gasteiger partial charge in [0, 0.05) is 10.6 Å². The second-order valence-electron chi connectivity index (χ2n) is 4.16. The zero-order chi connectivity index (χ0) is 16.3. The Balaban J connectivity index is 2.11. The maximum absolute atomic E-state index is 12.2. The molecule has 2 N–H and O–H groups in total. The Morgan fingerprint density at radius 2 is 1.77 bits per heavy atom. The van der Waals surface area contributed by atoms with E-state index in [-0.39, 0.29) is 33.0 Å². The van der Waals surface area contributed by atoms with Crippen molar-refractivity contribution in [2.75, 3.05) is 5.32 Å². The van der Waals surface area contributed by atoms with Crippen LogP contribution < -0.4 is 5.32 Å². The van der Waals surface area contributed by atoms with Gasteiger partial charge in [0.05, 0.1) is 10.6 Å². The van der Waals surface area contributed by atoms with Crippen molar-refractivity contribution < 1.29 is 23.1 Å². The smallest absolute Gasteiger partial charge is 0.446 e. The molecule has 0 heterocycles. The first-order valence-corrected chi connectivity index (χ1v) is 7.10. The summed E-state index contributed by atoms with van der Waals surface area (Å²) in [5.41, 5.74) is -4.09. The first-order valence-electron chi connectivity index (χ1n) is 5.91. The van der Waals surface area contributed by atoms with Crippen LogP contribution in [-0.4, -0.2) is 16.5 Å². The van der Waals surface area contributed by atoms with E-state index in [4.69, 9.17) is 11.6 Å². The number of carbonyl (C=O) groups is 1. The van der Waals surface area contributed by atoms with Crippen LogP contribution in [0.5, 0.6) is 5.75 Å². The maximum atomic E-state index is 12.2. The highest BCUT2D eigenvalue weighted by molar-refractivity contribution is 8.00. The number of rotatable bonds is 3. The minimum absolute atomic E-state index is 0.0103.